The first-order chi connectivity index (χ1) is 7.49. The SMILES string of the molecule is CCC(CC)(CCO)CNC(=O)CC(C)C. The third kappa shape index (κ3) is 5.50. The summed E-state index contributed by atoms with van der Waals surface area (Å²) in [5.74, 6) is 0.523. The maximum atomic E-state index is 11.6. The Bertz CT molecular complexity index is 198. The Labute approximate surface area is 99.6 Å². The zero-order valence-corrected chi connectivity index (χ0v) is 11.2. The van der Waals surface area contributed by atoms with Gasteiger partial charge in [0.15, 0.2) is 0 Å². The third-order valence-corrected chi connectivity index (χ3v) is 3.40. The summed E-state index contributed by atoms with van der Waals surface area (Å²) >= 11 is 0. The first kappa shape index (κ1) is 15.4. The van der Waals surface area contributed by atoms with E-state index in [0.29, 0.717) is 18.9 Å². The Morgan fingerprint density at radius 2 is 1.88 bits per heavy atom. The van der Waals surface area contributed by atoms with E-state index in [1.807, 2.05) is 13.8 Å². The van der Waals surface area contributed by atoms with Crippen molar-refractivity contribution >= 4 is 5.91 Å². The lowest BCUT2D eigenvalue weighted by Gasteiger charge is -2.31. The van der Waals surface area contributed by atoms with Gasteiger partial charge in [-0.25, -0.2) is 0 Å². The van der Waals surface area contributed by atoms with Gasteiger partial charge < -0.3 is 10.4 Å². The first-order valence-corrected chi connectivity index (χ1v) is 6.37. The van der Waals surface area contributed by atoms with E-state index >= 15 is 0 Å². The standard InChI is InChI=1S/C13H27NO2/c1-5-13(6-2,7-8-15)10-14-12(16)9-11(3)4/h11,15H,5-10H2,1-4H3,(H,14,16). The lowest BCUT2D eigenvalue weighted by molar-refractivity contribution is -0.122. The van der Waals surface area contributed by atoms with Crippen LogP contribution in [-0.4, -0.2) is 24.2 Å². The van der Waals surface area contributed by atoms with Gasteiger partial charge in [-0.1, -0.05) is 27.7 Å². The van der Waals surface area contributed by atoms with E-state index in [1.54, 1.807) is 0 Å². The summed E-state index contributed by atoms with van der Waals surface area (Å²) in [5, 5.41) is 12.1. The number of nitrogens with one attached hydrogen (secondary N) is 1. The molecule has 0 aliphatic carbocycles. The molecule has 0 aliphatic rings. The van der Waals surface area contributed by atoms with E-state index in [9.17, 15) is 4.79 Å². The quantitative estimate of drug-likeness (QED) is 0.671. The van der Waals surface area contributed by atoms with E-state index in [0.717, 1.165) is 19.3 Å². The van der Waals surface area contributed by atoms with Crippen LogP contribution in [-0.2, 0) is 4.79 Å². The highest BCUT2D eigenvalue weighted by Crippen LogP contribution is 2.29. The topological polar surface area (TPSA) is 49.3 Å². The Balaban J connectivity index is 4.15. The monoisotopic (exact) mass is 229 g/mol. The number of amides is 1. The van der Waals surface area contributed by atoms with Gasteiger partial charge in [0.25, 0.3) is 0 Å². The molecule has 3 heteroatoms. The van der Waals surface area contributed by atoms with Crippen LogP contribution in [0.2, 0.25) is 0 Å². The molecule has 1 amide bonds. The van der Waals surface area contributed by atoms with Crippen molar-refractivity contribution in [3.63, 3.8) is 0 Å². The van der Waals surface area contributed by atoms with Crippen molar-refractivity contribution in [2.75, 3.05) is 13.2 Å². The average Bonchev–Trinajstić information content (AvgIpc) is 2.23. The minimum atomic E-state index is 0.0708. The average molecular weight is 229 g/mol. The molecule has 0 spiro atoms. The van der Waals surface area contributed by atoms with Gasteiger partial charge in [-0.05, 0) is 30.6 Å². The molecule has 0 fully saturated rings. The summed E-state index contributed by atoms with van der Waals surface area (Å²) in [6, 6.07) is 0. The van der Waals surface area contributed by atoms with Gasteiger partial charge in [0.05, 0.1) is 0 Å². The van der Waals surface area contributed by atoms with Crippen molar-refractivity contribution < 1.29 is 9.90 Å². The Morgan fingerprint density at radius 3 is 2.25 bits per heavy atom. The van der Waals surface area contributed by atoms with Crippen molar-refractivity contribution in [2.45, 2.75) is 53.4 Å². The van der Waals surface area contributed by atoms with Gasteiger partial charge in [-0.2, -0.15) is 0 Å². The van der Waals surface area contributed by atoms with Crippen molar-refractivity contribution in [3.8, 4) is 0 Å². The molecule has 0 bridgehead atoms. The van der Waals surface area contributed by atoms with Crippen LogP contribution in [0, 0.1) is 11.3 Å². The Hall–Kier alpha value is -0.570. The predicted molar refractivity (Wildman–Crippen MR) is 67.2 cm³/mol. The van der Waals surface area contributed by atoms with Crippen LogP contribution < -0.4 is 5.32 Å². The molecule has 96 valence electrons. The maximum Gasteiger partial charge on any atom is 0.220 e. The van der Waals surface area contributed by atoms with Crippen LogP contribution in [0.1, 0.15) is 53.4 Å². The molecule has 0 aromatic rings. The molecule has 0 aliphatic heterocycles. The second kappa shape index (κ2) is 7.66. The lowest BCUT2D eigenvalue weighted by atomic mass is 9.79. The summed E-state index contributed by atoms with van der Waals surface area (Å²) < 4.78 is 0. The molecule has 3 nitrogen and oxygen atoms in total. The molecule has 0 aromatic heterocycles. The molecule has 0 heterocycles. The molecule has 2 N–H and O–H groups in total. The highest BCUT2D eigenvalue weighted by atomic mass is 16.3. The summed E-state index contributed by atoms with van der Waals surface area (Å²) in [7, 11) is 0. The van der Waals surface area contributed by atoms with Crippen LogP contribution in [0.5, 0.6) is 0 Å². The van der Waals surface area contributed by atoms with E-state index in [2.05, 4.69) is 19.2 Å². The van der Waals surface area contributed by atoms with Crippen LogP contribution in [0.3, 0.4) is 0 Å². The largest absolute Gasteiger partial charge is 0.396 e. The van der Waals surface area contributed by atoms with Crippen molar-refractivity contribution in [1.82, 2.24) is 5.32 Å². The molecule has 0 atom stereocenters. The van der Waals surface area contributed by atoms with E-state index in [4.69, 9.17) is 5.11 Å². The molecular weight excluding hydrogens is 202 g/mol. The van der Waals surface area contributed by atoms with Crippen LogP contribution in [0.25, 0.3) is 0 Å². The van der Waals surface area contributed by atoms with Gasteiger partial charge in [0, 0.05) is 19.6 Å². The molecule has 0 rings (SSSR count). The summed E-state index contributed by atoms with van der Waals surface area (Å²) in [4.78, 5) is 11.6. The van der Waals surface area contributed by atoms with Crippen LogP contribution >= 0.6 is 0 Å². The normalized spacial score (nSPS) is 11.9. The number of hydrogen-bond acceptors (Lipinski definition) is 2. The van der Waals surface area contributed by atoms with E-state index < -0.39 is 0 Å². The molecule has 16 heavy (non-hydrogen) atoms. The lowest BCUT2D eigenvalue weighted by Crippen LogP contribution is -2.38. The second-order valence-electron chi connectivity index (χ2n) is 5.06. The van der Waals surface area contributed by atoms with Crippen molar-refractivity contribution in [2.24, 2.45) is 11.3 Å². The zero-order chi connectivity index (χ0) is 12.6. The minimum absolute atomic E-state index is 0.0708. The van der Waals surface area contributed by atoms with E-state index in [1.165, 1.54) is 0 Å². The fourth-order valence-corrected chi connectivity index (χ4v) is 1.91. The van der Waals surface area contributed by atoms with Gasteiger partial charge in [0.2, 0.25) is 5.91 Å². The van der Waals surface area contributed by atoms with Gasteiger partial charge >= 0.3 is 0 Å². The number of carbonyl (C=O) groups is 1. The number of rotatable bonds is 8. The minimum Gasteiger partial charge on any atom is -0.396 e. The van der Waals surface area contributed by atoms with Crippen molar-refractivity contribution in [1.29, 1.82) is 0 Å². The smallest absolute Gasteiger partial charge is 0.220 e. The van der Waals surface area contributed by atoms with Crippen LogP contribution in [0.4, 0.5) is 0 Å². The fraction of sp³-hybridized carbons (Fsp3) is 0.923. The third-order valence-electron chi connectivity index (χ3n) is 3.40. The maximum absolute atomic E-state index is 11.6. The molecule has 0 radical (unpaired) electrons. The number of carbonyl (C=O) groups excluding carboxylic acids is 1. The summed E-state index contributed by atoms with van der Waals surface area (Å²) in [5.41, 5.74) is 0.0708. The molecule has 0 saturated carbocycles. The highest BCUT2D eigenvalue weighted by molar-refractivity contribution is 5.76. The Kier molecular flexibility index (Phi) is 7.39. The molecule has 0 saturated heterocycles. The zero-order valence-electron chi connectivity index (χ0n) is 11.2. The van der Waals surface area contributed by atoms with E-state index in [-0.39, 0.29) is 17.9 Å². The number of aliphatic hydroxyl groups is 1. The molecule has 0 unspecified atom stereocenters. The highest BCUT2D eigenvalue weighted by Gasteiger charge is 2.25. The van der Waals surface area contributed by atoms with Gasteiger partial charge in [-0.15, -0.1) is 0 Å². The fourth-order valence-electron chi connectivity index (χ4n) is 1.91. The summed E-state index contributed by atoms with van der Waals surface area (Å²) in [6.07, 6.45) is 3.34. The van der Waals surface area contributed by atoms with Gasteiger partial charge in [-0.3, -0.25) is 4.79 Å². The van der Waals surface area contributed by atoms with Gasteiger partial charge in [0.1, 0.15) is 0 Å². The molecular formula is C13H27NO2. The first-order valence-electron chi connectivity index (χ1n) is 6.37. The summed E-state index contributed by atoms with van der Waals surface area (Å²) in [6.45, 7) is 9.20. The van der Waals surface area contributed by atoms with Crippen LogP contribution in [0.15, 0.2) is 0 Å². The second-order valence-corrected chi connectivity index (χ2v) is 5.06. The molecule has 0 aromatic carbocycles. The number of aliphatic hydroxyl groups excluding tert-OH is 1. The van der Waals surface area contributed by atoms with Crippen molar-refractivity contribution in [3.05, 3.63) is 0 Å². The predicted octanol–water partition coefficient (Wildman–Crippen LogP) is 2.34. The Morgan fingerprint density at radius 1 is 1.31 bits per heavy atom. The number of hydrogen-bond donors (Lipinski definition) is 2.